The molecule has 1 aromatic carbocycles. The quantitative estimate of drug-likeness (QED) is 0.442. The number of amides is 1. The second-order valence-electron chi connectivity index (χ2n) is 7.23. The normalized spacial score (nSPS) is 11.3. The molecule has 9 heteroatoms. The predicted octanol–water partition coefficient (Wildman–Crippen LogP) is 3.90. The Labute approximate surface area is 190 Å². The average Bonchev–Trinajstić information content (AvgIpc) is 3.14. The number of benzene rings is 1. The zero-order chi connectivity index (χ0) is 23.0. The first-order valence-corrected chi connectivity index (χ1v) is 10.9. The number of nitrogens with zero attached hydrogens (tertiary/aromatic N) is 5. The Bertz CT molecular complexity index is 1390. The molecule has 0 atom stereocenters. The molecule has 4 rings (SSSR count). The molecule has 0 radical (unpaired) electrons. The van der Waals surface area contributed by atoms with Gasteiger partial charge in [0.1, 0.15) is 5.52 Å². The first kappa shape index (κ1) is 21.8. The van der Waals surface area contributed by atoms with Crippen LogP contribution in [0.25, 0.3) is 27.5 Å². The maximum atomic E-state index is 13.7. The number of pyridine rings is 1. The van der Waals surface area contributed by atoms with Crippen LogP contribution in [0.3, 0.4) is 0 Å². The molecule has 0 bridgehead atoms. The number of ether oxygens (including phenoxy) is 1. The maximum Gasteiger partial charge on any atom is 0.296 e. The van der Waals surface area contributed by atoms with Crippen molar-refractivity contribution in [2.75, 3.05) is 20.2 Å². The standard InChI is InChI=1S/C23H24ClN5O3/c1-5-27(6-2)22(30)20-19-16-9-8-14(24)12-17(16)28(7-3)21(19)23(31)29(26-20)15-10-11-25-18(13-15)32-4/h8-13H,5-7H2,1-4H3. The summed E-state index contributed by atoms with van der Waals surface area (Å²) < 4.78 is 8.34. The monoisotopic (exact) mass is 453 g/mol. The van der Waals surface area contributed by atoms with Crippen molar-refractivity contribution in [3.05, 3.63) is 57.6 Å². The van der Waals surface area contributed by atoms with E-state index in [4.69, 9.17) is 16.3 Å². The molecule has 0 N–H and O–H groups in total. The van der Waals surface area contributed by atoms with Gasteiger partial charge < -0.3 is 14.2 Å². The van der Waals surface area contributed by atoms with Gasteiger partial charge in [-0.05, 0) is 39.0 Å². The van der Waals surface area contributed by atoms with Crippen LogP contribution in [0, 0.1) is 0 Å². The Balaban J connectivity index is 2.18. The highest BCUT2D eigenvalue weighted by Crippen LogP contribution is 2.32. The Morgan fingerprint density at radius 2 is 1.91 bits per heavy atom. The molecule has 0 fully saturated rings. The summed E-state index contributed by atoms with van der Waals surface area (Å²) >= 11 is 6.26. The van der Waals surface area contributed by atoms with Crippen molar-refractivity contribution in [1.82, 2.24) is 24.2 Å². The number of hydrogen-bond donors (Lipinski definition) is 0. The van der Waals surface area contributed by atoms with Gasteiger partial charge in [0, 0.05) is 47.7 Å². The third-order valence-corrected chi connectivity index (χ3v) is 5.84. The number of carbonyl (C=O) groups is 1. The van der Waals surface area contributed by atoms with E-state index in [9.17, 15) is 9.59 Å². The van der Waals surface area contributed by atoms with Crippen LogP contribution in [-0.4, -0.2) is 50.3 Å². The lowest BCUT2D eigenvalue weighted by Gasteiger charge is -2.19. The highest BCUT2D eigenvalue weighted by molar-refractivity contribution is 6.31. The van der Waals surface area contributed by atoms with Gasteiger partial charge in [-0.3, -0.25) is 9.59 Å². The molecule has 4 aromatic rings. The van der Waals surface area contributed by atoms with Gasteiger partial charge in [0.15, 0.2) is 5.69 Å². The third kappa shape index (κ3) is 3.40. The number of hydrogen-bond acceptors (Lipinski definition) is 5. The van der Waals surface area contributed by atoms with Crippen LogP contribution >= 0.6 is 11.6 Å². The molecule has 3 aromatic heterocycles. The minimum absolute atomic E-state index is 0.221. The van der Waals surface area contributed by atoms with Gasteiger partial charge in [-0.2, -0.15) is 9.78 Å². The molecular weight excluding hydrogens is 430 g/mol. The second kappa shape index (κ2) is 8.63. The van der Waals surface area contributed by atoms with Crippen molar-refractivity contribution in [2.24, 2.45) is 0 Å². The summed E-state index contributed by atoms with van der Waals surface area (Å²) in [6.07, 6.45) is 1.54. The summed E-state index contributed by atoms with van der Waals surface area (Å²) in [5.41, 5.74) is 1.54. The summed E-state index contributed by atoms with van der Waals surface area (Å²) in [5.74, 6) is 0.107. The van der Waals surface area contributed by atoms with Gasteiger partial charge in [0.2, 0.25) is 5.88 Å². The molecule has 1 amide bonds. The lowest BCUT2D eigenvalue weighted by Crippen LogP contribution is -2.34. The minimum Gasteiger partial charge on any atom is -0.481 e. The summed E-state index contributed by atoms with van der Waals surface area (Å²) in [6, 6.07) is 8.68. The van der Waals surface area contributed by atoms with Gasteiger partial charge in [-0.25, -0.2) is 4.98 Å². The molecule has 3 heterocycles. The number of methoxy groups -OCH3 is 1. The van der Waals surface area contributed by atoms with E-state index in [1.807, 2.05) is 37.5 Å². The first-order valence-electron chi connectivity index (χ1n) is 10.5. The number of fused-ring (bicyclic) bond motifs is 3. The van der Waals surface area contributed by atoms with Gasteiger partial charge >= 0.3 is 0 Å². The van der Waals surface area contributed by atoms with Crippen LogP contribution < -0.4 is 10.3 Å². The third-order valence-electron chi connectivity index (χ3n) is 5.60. The van der Waals surface area contributed by atoms with Crippen LogP contribution in [-0.2, 0) is 6.54 Å². The molecule has 8 nitrogen and oxygen atoms in total. The SMILES string of the molecule is CCN(CC)C(=O)c1nn(-c2ccnc(OC)c2)c(=O)c2c1c1ccc(Cl)cc1n2CC. The average molecular weight is 454 g/mol. The summed E-state index contributed by atoms with van der Waals surface area (Å²) in [5, 5.41) is 6.43. The van der Waals surface area contributed by atoms with Crippen molar-refractivity contribution >= 4 is 39.3 Å². The van der Waals surface area contributed by atoms with E-state index in [0.29, 0.717) is 47.1 Å². The molecule has 0 spiro atoms. The molecule has 166 valence electrons. The smallest absolute Gasteiger partial charge is 0.296 e. The van der Waals surface area contributed by atoms with E-state index in [0.717, 1.165) is 10.9 Å². The number of carbonyl (C=O) groups excluding carboxylic acids is 1. The zero-order valence-electron chi connectivity index (χ0n) is 18.4. The maximum absolute atomic E-state index is 13.7. The lowest BCUT2D eigenvalue weighted by molar-refractivity contribution is 0.0767. The van der Waals surface area contributed by atoms with Crippen molar-refractivity contribution in [2.45, 2.75) is 27.3 Å². The van der Waals surface area contributed by atoms with E-state index >= 15 is 0 Å². The molecule has 0 aliphatic rings. The van der Waals surface area contributed by atoms with Gasteiger partial charge in [-0.15, -0.1) is 0 Å². The fourth-order valence-electron chi connectivity index (χ4n) is 4.04. The number of rotatable bonds is 6. The van der Waals surface area contributed by atoms with Crippen LogP contribution in [0.1, 0.15) is 31.3 Å². The van der Waals surface area contributed by atoms with Crippen molar-refractivity contribution in [1.29, 1.82) is 0 Å². The molecule has 0 unspecified atom stereocenters. The largest absolute Gasteiger partial charge is 0.481 e. The highest BCUT2D eigenvalue weighted by Gasteiger charge is 2.26. The molecule has 0 saturated heterocycles. The van der Waals surface area contributed by atoms with E-state index in [-0.39, 0.29) is 17.2 Å². The Hall–Kier alpha value is -3.39. The van der Waals surface area contributed by atoms with Gasteiger partial charge in [-0.1, -0.05) is 17.7 Å². The van der Waals surface area contributed by atoms with Gasteiger partial charge in [0.25, 0.3) is 11.5 Å². The first-order chi connectivity index (χ1) is 15.4. The van der Waals surface area contributed by atoms with E-state index in [2.05, 4.69) is 10.1 Å². The molecule has 32 heavy (non-hydrogen) atoms. The fourth-order valence-corrected chi connectivity index (χ4v) is 4.20. The number of aryl methyl sites for hydroxylation is 1. The topological polar surface area (TPSA) is 82.2 Å². The Kier molecular flexibility index (Phi) is 5.88. The molecular formula is C23H24ClN5O3. The minimum atomic E-state index is -0.335. The van der Waals surface area contributed by atoms with Crippen LogP contribution in [0.15, 0.2) is 41.3 Å². The van der Waals surface area contributed by atoms with Crippen molar-refractivity contribution in [3.63, 3.8) is 0 Å². The van der Waals surface area contributed by atoms with Crippen molar-refractivity contribution in [3.8, 4) is 11.6 Å². The Morgan fingerprint density at radius 3 is 2.56 bits per heavy atom. The summed E-state index contributed by atoms with van der Waals surface area (Å²) in [7, 11) is 1.50. The fraction of sp³-hybridized carbons (Fsp3) is 0.304. The van der Waals surface area contributed by atoms with Crippen LogP contribution in [0.4, 0.5) is 0 Å². The molecule has 0 aliphatic carbocycles. The van der Waals surface area contributed by atoms with Crippen LogP contribution in [0.2, 0.25) is 5.02 Å². The second-order valence-corrected chi connectivity index (χ2v) is 7.67. The number of halogens is 1. The zero-order valence-corrected chi connectivity index (χ0v) is 19.2. The Morgan fingerprint density at radius 1 is 1.16 bits per heavy atom. The molecule has 0 saturated carbocycles. The summed E-state index contributed by atoms with van der Waals surface area (Å²) in [4.78, 5) is 33.0. The van der Waals surface area contributed by atoms with Crippen molar-refractivity contribution < 1.29 is 9.53 Å². The predicted molar refractivity (Wildman–Crippen MR) is 125 cm³/mol. The summed E-state index contributed by atoms with van der Waals surface area (Å²) in [6.45, 7) is 7.36. The van der Waals surface area contributed by atoms with E-state index in [1.165, 1.54) is 18.0 Å². The van der Waals surface area contributed by atoms with Gasteiger partial charge in [0.05, 0.1) is 18.3 Å². The van der Waals surface area contributed by atoms with Crippen LogP contribution in [0.5, 0.6) is 5.88 Å². The van der Waals surface area contributed by atoms with E-state index in [1.54, 1.807) is 23.1 Å². The lowest BCUT2D eigenvalue weighted by atomic mass is 10.1. The number of aromatic nitrogens is 4. The van der Waals surface area contributed by atoms with E-state index < -0.39 is 0 Å². The highest BCUT2D eigenvalue weighted by atomic mass is 35.5. The molecule has 0 aliphatic heterocycles.